The molecule has 0 aliphatic heterocycles. The van der Waals surface area contributed by atoms with Crippen molar-refractivity contribution in [1.29, 1.82) is 0 Å². The predicted octanol–water partition coefficient (Wildman–Crippen LogP) is 3.00. The van der Waals surface area contributed by atoms with Crippen LogP contribution in [0.5, 0.6) is 0 Å². The smallest absolute Gasteiger partial charge is 0.130 e. The minimum absolute atomic E-state index is 0.720. The number of hydrogen-bond acceptors (Lipinski definition) is 0. The zero-order valence-electron chi connectivity index (χ0n) is 11.1. The third-order valence-corrected chi connectivity index (χ3v) is 6.71. The lowest BCUT2D eigenvalue weighted by molar-refractivity contribution is 1.32. The van der Waals surface area contributed by atoms with Gasteiger partial charge in [-0.3, -0.25) is 0 Å². The summed E-state index contributed by atoms with van der Waals surface area (Å²) in [4.78, 5) is 0. The van der Waals surface area contributed by atoms with E-state index in [0.29, 0.717) is 0 Å². The first kappa shape index (κ1) is 13.4. The molecule has 1 radical (unpaired) electrons. The van der Waals surface area contributed by atoms with Crippen molar-refractivity contribution in [2.45, 2.75) is 20.8 Å². The molecule has 0 aromatic heterocycles. The van der Waals surface area contributed by atoms with E-state index in [9.17, 15) is 0 Å². The Hall–Kier alpha value is -1.05. The van der Waals surface area contributed by atoms with E-state index < -0.39 is 8.80 Å². The number of hydrogen-bond donors (Lipinski definition) is 0. The highest BCUT2D eigenvalue weighted by atomic mass is 35.5. The third kappa shape index (κ3) is 2.68. The Labute approximate surface area is 116 Å². The molecule has 0 bridgehead atoms. The number of halogens is 1. The van der Waals surface area contributed by atoms with Crippen molar-refractivity contribution in [3.63, 3.8) is 0 Å². The molecule has 2 rings (SSSR count). The summed E-state index contributed by atoms with van der Waals surface area (Å²) in [5, 5.41) is 2.84. The monoisotopic (exact) mass is 273 g/mol. The van der Waals surface area contributed by atoms with Crippen molar-refractivity contribution in [3.8, 4) is 0 Å². The fraction of sp³-hybridized carbons (Fsp3) is 0.250. The van der Waals surface area contributed by atoms with E-state index >= 15 is 0 Å². The van der Waals surface area contributed by atoms with Gasteiger partial charge in [-0.1, -0.05) is 58.4 Å². The van der Waals surface area contributed by atoms with Gasteiger partial charge in [-0.05, 0) is 31.9 Å². The first-order valence-corrected chi connectivity index (χ1v) is 8.43. The second-order valence-electron chi connectivity index (χ2n) is 4.73. The van der Waals surface area contributed by atoms with Gasteiger partial charge in [0.25, 0.3) is 0 Å². The summed E-state index contributed by atoms with van der Waals surface area (Å²) < 4.78 is 0. The number of benzene rings is 2. The summed E-state index contributed by atoms with van der Waals surface area (Å²) >= 11 is 6.25. The number of rotatable bonds is 3. The highest BCUT2D eigenvalue weighted by Gasteiger charge is 2.18. The Kier molecular flexibility index (Phi) is 4.26. The van der Waals surface area contributed by atoms with Crippen LogP contribution < -0.4 is 10.4 Å². The molecular weight excluding hydrogens is 256 g/mol. The van der Waals surface area contributed by atoms with E-state index in [-0.39, 0.29) is 0 Å². The first-order chi connectivity index (χ1) is 8.63. The van der Waals surface area contributed by atoms with E-state index in [1.165, 1.54) is 27.1 Å². The van der Waals surface area contributed by atoms with Crippen molar-refractivity contribution in [1.82, 2.24) is 0 Å². The van der Waals surface area contributed by atoms with Gasteiger partial charge in [0.1, 0.15) is 8.80 Å². The molecule has 0 saturated heterocycles. The van der Waals surface area contributed by atoms with Gasteiger partial charge in [-0.2, -0.15) is 0 Å². The highest BCUT2D eigenvalue weighted by molar-refractivity contribution is 6.89. The van der Waals surface area contributed by atoms with Crippen LogP contribution in [0.2, 0.25) is 0 Å². The Balaban J connectivity index is 2.49. The largest absolute Gasteiger partial charge is 0.136 e. The van der Waals surface area contributed by atoms with Crippen molar-refractivity contribution in [3.05, 3.63) is 59.2 Å². The summed E-state index contributed by atoms with van der Waals surface area (Å²) in [7, 11) is -0.842. The van der Waals surface area contributed by atoms with E-state index in [0.717, 1.165) is 5.50 Å². The summed E-state index contributed by atoms with van der Waals surface area (Å²) in [6.07, 6.45) is 0. The van der Waals surface area contributed by atoms with E-state index in [2.05, 4.69) is 63.2 Å². The second-order valence-corrected chi connectivity index (χ2v) is 7.87. The molecule has 0 amide bonds. The van der Waals surface area contributed by atoms with Gasteiger partial charge in [0.15, 0.2) is 0 Å². The average Bonchev–Trinajstić information content (AvgIpc) is 2.38. The van der Waals surface area contributed by atoms with Gasteiger partial charge >= 0.3 is 0 Å². The highest BCUT2D eigenvalue weighted by Crippen LogP contribution is 2.09. The van der Waals surface area contributed by atoms with Gasteiger partial charge in [-0.15, -0.1) is 11.6 Å². The van der Waals surface area contributed by atoms with Gasteiger partial charge in [0.05, 0.1) is 0 Å². The van der Waals surface area contributed by atoms with Crippen LogP contribution in [-0.2, 0) is 0 Å². The van der Waals surface area contributed by atoms with E-state index in [1.54, 1.807) is 0 Å². The predicted molar refractivity (Wildman–Crippen MR) is 82.8 cm³/mol. The fourth-order valence-electron chi connectivity index (χ4n) is 2.23. The molecule has 93 valence electrons. The molecule has 0 unspecified atom stereocenters. The molecule has 0 atom stereocenters. The molecule has 2 heteroatoms. The summed E-state index contributed by atoms with van der Waals surface area (Å²) in [5.41, 5.74) is 4.81. The molecular formula is C16H18ClSi. The van der Waals surface area contributed by atoms with Crippen molar-refractivity contribution in [2.24, 2.45) is 0 Å². The molecule has 0 heterocycles. The molecule has 0 aliphatic carbocycles. The van der Waals surface area contributed by atoms with Crippen molar-refractivity contribution >= 4 is 30.8 Å². The third-order valence-electron chi connectivity index (χ3n) is 3.42. The molecule has 2 aromatic carbocycles. The van der Waals surface area contributed by atoms with Crippen LogP contribution in [-0.4, -0.2) is 14.3 Å². The van der Waals surface area contributed by atoms with Gasteiger partial charge in [0.2, 0.25) is 0 Å². The molecule has 0 fully saturated rings. The fourth-order valence-corrected chi connectivity index (χ4v) is 5.27. The Morgan fingerprint density at radius 3 is 2.11 bits per heavy atom. The van der Waals surface area contributed by atoms with Crippen molar-refractivity contribution < 1.29 is 0 Å². The molecule has 0 spiro atoms. The van der Waals surface area contributed by atoms with E-state index in [1.807, 2.05) is 0 Å². The van der Waals surface area contributed by atoms with Gasteiger partial charge in [-0.25, -0.2) is 0 Å². The maximum atomic E-state index is 6.25. The van der Waals surface area contributed by atoms with Crippen LogP contribution in [0.15, 0.2) is 42.5 Å². The number of alkyl halides is 1. The normalized spacial score (nSPS) is 10.9. The zero-order valence-corrected chi connectivity index (χ0v) is 12.9. The van der Waals surface area contributed by atoms with Crippen molar-refractivity contribution in [2.75, 3.05) is 5.50 Å². The first-order valence-electron chi connectivity index (χ1n) is 6.19. The average molecular weight is 274 g/mol. The minimum Gasteiger partial charge on any atom is -0.130 e. The topological polar surface area (TPSA) is 0 Å². The summed E-state index contributed by atoms with van der Waals surface area (Å²) in [6.45, 7) is 6.54. The molecule has 0 saturated carbocycles. The Morgan fingerprint density at radius 2 is 1.50 bits per heavy atom. The lowest BCUT2D eigenvalue weighted by atomic mass is 10.1. The molecule has 0 aliphatic rings. The quantitative estimate of drug-likeness (QED) is 0.596. The summed E-state index contributed by atoms with van der Waals surface area (Å²) in [5.74, 6) is 0. The maximum Gasteiger partial charge on any atom is 0.136 e. The zero-order chi connectivity index (χ0) is 13.1. The minimum atomic E-state index is -0.842. The summed E-state index contributed by atoms with van der Waals surface area (Å²) in [6, 6.07) is 15.3. The molecule has 0 nitrogen and oxygen atoms in total. The van der Waals surface area contributed by atoms with Gasteiger partial charge < -0.3 is 0 Å². The molecule has 0 N–H and O–H groups in total. The van der Waals surface area contributed by atoms with Crippen LogP contribution in [0.25, 0.3) is 0 Å². The van der Waals surface area contributed by atoms with Crippen LogP contribution in [0.4, 0.5) is 0 Å². The van der Waals surface area contributed by atoms with Crippen LogP contribution in [0.3, 0.4) is 0 Å². The van der Waals surface area contributed by atoms with Crippen LogP contribution in [0.1, 0.15) is 16.7 Å². The van der Waals surface area contributed by atoms with Crippen LogP contribution in [0, 0.1) is 20.8 Å². The lowest BCUT2D eigenvalue weighted by Gasteiger charge is -2.17. The standard InChI is InChI=1S/C16H18ClSi/c1-12-9-14(3)16(10-13(12)2)18(11-17)15-7-5-4-6-8-15/h4-10H,11H2,1-3H3. The lowest BCUT2D eigenvalue weighted by Crippen LogP contribution is -2.45. The van der Waals surface area contributed by atoms with E-state index in [4.69, 9.17) is 11.6 Å². The van der Waals surface area contributed by atoms with Gasteiger partial charge in [0, 0.05) is 5.50 Å². The molecule has 18 heavy (non-hydrogen) atoms. The maximum absolute atomic E-state index is 6.25. The number of aryl methyl sites for hydroxylation is 3. The SMILES string of the molecule is Cc1cc(C)c([Si](CCl)c2ccccc2)cc1C. The second kappa shape index (κ2) is 5.72. The Bertz CT molecular complexity index is 534. The Morgan fingerprint density at radius 1 is 0.889 bits per heavy atom. The van der Waals surface area contributed by atoms with Crippen LogP contribution >= 0.6 is 11.6 Å². The molecule has 2 aromatic rings.